The maximum Gasteiger partial charge on any atom is 0.339 e. The van der Waals surface area contributed by atoms with Crippen molar-refractivity contribution in [3.63, 3.8) is 0 Å². The van der Waals surface area contributed by atoms with Crippen LogP contribution in [-0.2, 0) is 11.2 Å². The van der Waals surface area contributed by atoms with E-state index < -0.39 is 11.4 Å². The Bertz CT molecular complexity index is 1140. The first kappa shape index (κ1) is 21.4. The van der Waals surface area contributed by atoms with Crippen LogP contribution in [-0.4, -0.2) is 20.1 Å². The second-order valence-corrected chi connectivity index (χ2v) is 7.04. The third-order valence-corrected chi connectivity index (χ3v) is 5.15. The topological polar surface area (TPSA) is 77.8 Å². The fourth-order valence-electron chi connectivity index (χ4n) is 3.38. The third-order valence-electron chi connectivity index (χ3n) is 5.15. The van der Waals surface area contributed by atoms with E-state index >= 15 is 0 Å². The van der Waals surface area contributed by atoms with Gasteiger partial charge in [0.05, 0.1) is 20.3 Å². The molecule has 1 atom stereocenters. The molecule has 0 aliphatic heterocycles. The second kappa shape index (κ2) is 8.98. The third kappa shape index (κ3) is 4.45. The summed E-state index contributed by atoms with van der Waals surface area (Å²) < 4.78 is 29.4. The van der Waals surface area contributed by atoms with Crippen LogP contribution in [0.5, 0.6) is 11.5 Å². The average molecular weight is 413 g/mol. The molecular weight excluding hydrogens is 389 g/mol. The van der Waals surface area contributed by atoms with Crippen LogP contribution in [0.4, 0.5) is 4.39 Å². The van der Waals surface area contributed by atoms with Gasteiger partial charge < -0.3 is 19.2 Å². The molecule has 2 aromatic carbocycles. The maximum absolute atomic E-state index is 13.9. The van der Waals surface area contributed by atoms with Crippen molar-refractivity contribution in [2.45, 2.75) is 32.7 Å². The largest absolute Gasteiger partial charge is 0.497 e. The van der Waals surface area contributed by atoms with Crippen LogP contribution in [0, 0.1) is 12.7 Å². The number of carbonyl (C=O) groups is 1. The number of amides is 1. The minimum absolute atomic E-state index is 0.107. The van der Waals surface area contributed by atoms with Gasteiger partial charge in [-0.3, -0.25) is 4.79 Å². The highest BCUT2D eigenvalue weighted by molar-refractivity contribution is 5.82. The Balaban J connectivity index is 1.70. The molecule has 7 heteroatoms. The molecule has 1 unspecified atom stereocenters. The monoisotopic (exact) mass is 413 g/mol. The summed E-state index contributed by atoms with van der Waals surface area (Å²) in [5.41, 5.74) is 1.84. The smallest absolute Gasteiger partial charge is 0.339 e. The SMILES string of the molecule is COc1ccc2c(C)c(CCC(=O)NC(C)c3ccc(OC)c(F)c3)c(=O)oc2c1. The molecule has 30 heavy (non-hydrogen) atoms. The van der Waals surface area contributed by atoms with E-state index in [1.807, 2.05) is 13.0 Å². The van der Waals surface area contributed by atoms with E-state index in [0.29, 0.717) is 22.5 Å². The number of aryl methyl sites for hydroxylation is 1. The number of methoxy groups -OCH3 is 2. The summed E-state index contributed by atoms with van der Waals surface area (Å²) in [5, 5.41) is 3.63. The molecule has 3 rings (SSSR count). The highest BCUT2D eigenvalue weighted by Crippen LogP contribution is 2.25. The molecule has 1 heterocycles. The van der Waals surface area contributed by atoms with E-state index in [-0.39, 0.29) is 30.5 Å². The van der Waals surface area contributed by atoms with Crippen molar-refractivity contribution in [1.82, 2.24) is 5.32 Å². The number of hydrogen-bond donors (Lipinski definition) is 1. The van der Waals surface area contributed by atoms with Crippen LogP contribution in [0.1, 0.15) is 36.1 Å². The highest BCUT2D eigenvalue weighted by atomic mass is 19.1. The molecule has 158 valence electrons. The molecule has 1 aromatic heterocycles. The second-order valence-electron chi connectivity index (χ2n) is 7.04. The normalized spacial score (nSPS) is 11.9. The van der Waals surface area contributed by atoms with Crippen LogP contribution < -0.4 is 20.4 Å². The van der Waals surface area contributed by atoms with Gasteiger partial charge in [0.25, 0.3) is 0 Å². The minimum Gasteiger partial charge on any atom is -0.497 e. The lowest BCUT2D eigenvalue weighted by atomic mass is 10.0. The Morgan fingerprint density at radius 3 is 2.60 bits per heavy atom. The molecule has 0 fully saturated rings. The summed E-state index contributed by atoms with van der Waals surface area (Å²) in [5.74, 6) is 0.0130. The number of benzene rings is 2. The van der Waals surface area contributed by atoms with Gasteiger partial charge in [0.1, 0.15) is 11.3 Å². The van der Waals surface area contributed by atoms with Crippen molar-refractivity contribution >= 4 is 16.9 Å². The first-order valence-electron chi connectivity index (χ1n) is 9.57. The summed E-state index contributed by atoms with van der Waals surface area (Å²) in [6, 6.07) is 9.45. The fourth-order valence-corrected chi connectivity index (χ4v) is 3.38. The number of ether oxygens (including phenoxy) is 2. The quantitative estimate of drug-likeness (QED) is 0.591. The van der Waals surface area contributed by atoms with Gasteiger partial charge in [0, 0.05) is 23.4 Å². The molecule has 0 radical (unpaired) electrons. The molecule has 0 bridgehead atoms. The van der Waals surface area contributed by atoms with Gasteiger partial charge in [-0.25, -0.2) is 9.18 Å². The number of hydrogen-bond acceptors (Lipinski definition) is 5. The van der Waals surface area contributed by atoms with Crippen LogP contribution in [0.3, 0.4) is 0 Å². The lowest BCUT2D eigenvalue weighted by Crippen LogP contribution is -2.27. The lowest BCUT2D eigenvalue weighted by molar-refractivity contribution is -0.121. The highest BCUT2D eigenvalue weighted by Gasteiger charge is 2.16. The van der Waals surface area contributed by atoms with Crippen LogP contribution >= 0.6 is 0 Å². The van der Waals surface area contributed by atoms with E-state index in [0.717, 1.165) is 10.9 Å². The molecule has 1 amide bonds. The Labute approximate surface area is 173 Å². The first-order valence-corrected chi connectivity index (χ1v) is 9.57. The number of rotatable bonds is 7. The minimum atomic E-state index is -0.489. The number of nitrogens with one attached hydrogen (secondary N) is 1. The zero-order valence-electron chi connectivity index (χ0n) is 17.4. The zero-order valence-corrected chi connectivity index (χ0v) is 17.4. The van der Waals surface area contributed by atoms with Crippen molar-refractivity contribution in [1.29, 1.82) is 0 Å². The molecule has 0 aliphatic rings. The molecule has 0 aliphatic carbocycles. The number of fused-ring (bicyclic) bond motifs is 1. The van der Waals surface area contributed by atoms with Crippen molar-refractivity contribution in [3.8, 4) is 11.5 Å². The standard InChI is InChI=1S/C23H24FNO5/c1-13-17-7-6-16(28-3)12-21(17)30-23(27)18(13)8-10-22(26)25-14(2)15-5-9-20(29-4)19(24)11-15/h5-7,9,11-12,14H,8,10H2,1-4H3,(H,25,26). The molecular formula is C23H24FNO5. The van der Waals surface area contributed by atoms with Crippen molar-refractivity contribution in [2.24, 2.45) is 0 Å². The molecule has 0 saturated heterocycles. The van der Waals surface area contributed by atoms with Crippen molar-refractivity contribution in [3.05, 3.63) is 69.3 Å². The molecule has 0 spiro atoms. The van der Waals surface area contributed by atoms with E-state index in [2.05, 4.69) is 5.32 Å². The Morgan fingerprint density at radius 2 is 1.93 bits per heavy atom. The van der Waals surface area contributed by atoms with Gasteiger partial charge in [0.2, 0.25) is 5.91 Å². The van der Waals surface area contributed by atoms with E-state index in [9.17, 15) is 14.0 Å². The van der Waals surface area contributed by atoms with E-state index in [1.54, 1.807) is 32.2 Å². The van der Waals surface area contributed by atoms with Gasteiger partial charge in [0.15, 0.2) is 11.6 Å². The Morgan fingerprint density at radius 1 is 1.17 bits per heavy atom. The van der Waals surface area contributed by atoms with Gasteiger partial charge in [-0.15, -0.1) is 0 Å². The predicted molar refractivity (Wildman–Crippen MR) is 112 cm³/mol. The van der Waals surface area contributed by atoms with Gasteiger partial charge in [-0.2, -0.15) is 0 Å². The van der Waals surface area contributed by atoms with Crippen LogP contribution in [0.2, 0.25) is 0 Å². The Hall–Kier alpha value is -3.35. The maximum atomic E-state index is 13.9. The zero-order chi connectivity index (χ0) is 21.8. The lowest BCUT2D eigenvalue weighted by Gasteiger charge is -2.15. The van der Waals surface area contributed by atoms with Gasteiger partial charge >= 0.3 is 5.63 Å². The Kier molecular flexibility index (Phi) is 6.40. The van der Waals surface area contributed by atoms with Gasteiger partial charge in [-0.05, 0) is 55.7 Å². The molecule has 0 saturated carbocycles. The van der Waals surface area contributed by atoms with Crippen LogP contribution in [0.15, 0.2) is 45.6 Å². The van der Waals surface area contributed by atoms with Crippen LogP contribution in [0.25, 0.3) is 11.0 Å². The van der Waals surface area contributed by atoms with Crippen molar-refractivity contribution in [2.75, 3.05) is 14.2 Å². The summed E-state index contributed by atoms with van der Waals surface area (Å²) in [6.07, 6.45) is 0.349. The van der Waals surface area contributed by atoms with E-state index in [1.165, 1.54) is 19.2 Å². The average Bonchev–Trinajstić information content (AvgIpc) is 2.72. The van der Waals surface area contributed by atoms with Crippen molar-refractivity contribution < 1.29 is 23.1 Å². The molecule has 6 nitrogen and oxygen atoms in total. The summed E-state index contributed by atoms with van der Waals surface area (Å²) in [6.45, 7) is 3.60. The predicted octanol–water partition coefficient (Wildman–Crippen LogP) is 4.07. The van der Waals surface area contributed by atoms with E-state index in [4.69, 9.17) is 13.9 Å². The van der Waals surface area contributed by atoms with Gasteiger partial charge in [-0.1, -0.05) is 6.07 Å². The first-order chi connectivity index (χ1) is 14.3. The summed E-state index contributed by atoms with van der Waals surface area (Å²) in [7, 11) is 2.94. The molecule has 3 aromatic rings. The molecule has 1 N–H and O–H groups in total. The summed E-state index contributed by atoms with van der Waals surface area (Å²) in [4.78, 5) is 24.8. The number of carbonyl (C=O) groups excluding carboxylic acids is 1. The fraction of sp³-hybridized carbons (Fsp3) is 0.304. The number of halogens is 1. The summed E-state index contributed by atoms with van der Waals surface area (Å²) >= 11 is 0.